The highest BCUT2D eigenvalue weighted by Crippen LogP contribution is 2.11. The average Bonchev–Trinajstić information content (AvgIpc) is 2.85. The fraction of sp³-hybridized carbons (Fsp3) is 0.240. The molecule has 0 saturated carbocycles. The topological polar surface area (TPSA) is 101 Å². The number of hydrogen-bond acceptors (Lipinski definition) is 5. The summed E-state index contributed by atoms with van der Waals surface area (Å²) in [5, 5.41) is 9.12. The first-order valence-electron chi connectivity index (χ1n) is 10.9. The first-order chi connectivity index (χ1) is 16.1. The van der Waals surface area contributed by atoms with E-state index < -0.39 is 6.09 Å². The average molecular weight is 447 g/mol. The Balaban J connectivity index is 1.35. The maximum absolute atomic E-state index is 12.8. The minimum atomic E-state index is -0.511. The second-order valence-electron chi connectivity index (χ2n) is 7.84. The maximum Gasteiger partial charge on any atom is 0.407 e. The number of ether oxygens (including phenoxy) is 1. The molecule has 8 heteroatoms. The van der Waals surface area contributed by atoms with Crippen molar-refractivity contribution in [2.45, 2.75) is 25.1 Å². The summed E-state index contributed by atoms with van der Waals surface area (Å²) >= 11 is 0. The predicted molar refractivity (Wildman–Crippen MR) is 124 cm³/mol. The fourth-order valence-corrected chi connectivity index (χ4v) is 3.76. The van der Waals surface area contributed by atoms with Gasteiger partial charge in [-0.2, -0.15) is 0 Å². The highest BCUT2D eigenvalue weighted by Gasteiger charge is 2.28. The molecule has 2 heterocycles. The zero-order valence-electron chi connectivity index (χ0n) is 18.1. The Morgan fingerprint density at radius 1 is 0.939 bits per heavy atom. The summed E-state index contributed by atoms with van der Waals surface area (Å²) in [6.45, 7) is 1.45. The SMILES string of the molecule is O=C(N[C@H]1CCNC[C@H]1NC(=O)c1ccc(-n2ccccc2=O)cc1)OCc1ccccc1. The van der Waals surface area contributed by atoms with Gasteiger partial charge >= 0.3 is 6.09 Å². The number of nitrogens with one attached hydrogen (secondary N) is 3. The van der Waals surface area contributed by atoms with Crippen molar-refractivity contribution in [3.8, 4) is 5.69 Å². The van der Waals surface area contributed by atoms with Crippen LogP contribution in [0.5, 0.6) is 0 Å². The van der Waals surface area contributed by atoms with Crippen LogP contribution in [-0.2, 0) is 11.3 Å². The molecule has 2 amide bonds. The van der Waals surface area contributed by atoms with Gasteiger partial charge in [-0.05, 0) is 48.9 Å². The van der Waals surface area contributed by atoms with E-state index in [-0.39, 0.29) is 30.2 Å². The Morgan fingerprint density at radius 2 is 1.70 bits per heavy atom. The van der Waals surface area contributed by atoms with E-state index in [1.165, 1.54) is 10.6 Å². The number of aromatic nitrogens is 1. The fourth-order valence-electron chi connectivity index (χ4n) is 3.76. The first kappa shape index (κ1) is 22.3. The molecule has 8 nitrogen and oxygen atoms in total. The number of carbonyl (C=O) groups excluding carboxylic acids is 2. The summed E-state index contributed by atoms with van der Waals surface area (Å²) in [4.78, 5) is 37.1. The van der Waals surface area contributed by atoms with Gasteiger partial charge in [0.1, 0.15) is 6.61 Å². The van der Waals surface area contributed by atoms with Crippen molar-refractivity contribution < 1.29 is 14.3 Å². The van der Waals surface area contributed by atoms with Gasteiger partial charge in [-0.1, -0.05) is 36.4 Å². The van der Waals surface area contributed by atoms with Crippen LogP contribution in [-0.4, -0.2) is 41.7 Å². The summed E-state index contributed by atoms with van der Waals surface area (Å²) in [6.07, 6.45) is 1.84. The number of hydrogen-bond donors (Lipinski definition) is 3. The third-order valence-electron chi connectivity index (χ3n) is 5.54. The smallest absolute Gasteiger partial charge is 0.407 e. The predicted octanol–water partition coefficient (Wildman–Crippen LogP) is 2.22. The lowest BCUT2D eigenvalue weighted by atomic mass is 10.0. The van der Waals surface area contributed by atoms with Crippen LogP contribution in [0.15, 0.2) is 83.8 Å². The third kappa shape index (κ3) is 5.87. The van der Waals surface area contributed by atoms with E-state index >= 15 is 0 Å². The van der Waals surface area contributed by atoms with Crippen LogP contribution in [0, 0.1) is 0 Å². The number of amides is 2. The van der Waals surface area contributed by atoms with Crippen molar-refractivity contribution >= 4 is 12.0 Å². The van der Waals surface area contributed by atoms with Crippen LogP contribution in [0.1, 0.15) is 22.3 Å². The second-order valence-corrected chi connectivity index (χ2v) is 7.84. The number of rotatable bonds is 6. The number of pyridine rings is 1. The van der Waals surface area contributed by atoms with Crippen LogP contribution < -0.4 is 21.5 Å². The van der Waals surface area contributed by atoms with E-state index in [0.717, 1.165) is 12.1 Å². The summed E-state index contributed by atoms with van der Waals surface area (Å²) in [6, 6.07) is 20.7. The van der Waals surface area contributed by atoms with Crippen LogP contribution in [0.3, 0.4) is 0 Å². The lowest BCUT2D eigenvalue weighted by Gasteiger charge is -2.33. The molecule has 1 fully saturated rings. The Kier molecular flexibility index (Phi) is 7.16. The largest absolute Gasteiger partial charge is 0.445 e. The van der Waals surface area contributed by atoms with E-state index in [4.69, 9.17) is 4.74 Å². The van der Waals surface area contributed by atoms with Crippen LogP contribution in [0.4, 0.5) is 4.79 Å². The number of piperidine rings is 1. The van der Waals surface area contributed by atoms with Gasteiger partial charge in [-0.15, -0.1) is 0 Å². The second kappa shape index (κ2) is 10.6. The molecule has 0 aliphatic carbocycles. The summed E-state index contributed by atoms with van der Waals surface area (Å²) < 4.78 is 6.83. The van der Waals surface area contributed by atoms with Gasteiger partial charge < -0.3 is 20.7 Å². The molecule has 0 unspecified atom stereocenters. The maximum atomic E-state index is 12.8. The van der Waals surface area contributed by atoms with Crippen molar-refractivity contribution in [2.75, 3.05) is 13.1 Å². The highest BCUT2D eigenvalue weighted by atomic mass is 16.5. The minimum Gasteiger partial charge on any atom is -0.445 e. The zero-order chi connectivity index (χ0) is 23.0. The molecule has 1 aliphatic heterocycles. The van der Waals surface area contributed by atoms with Crippen molar-refractivity contribution in [2.24, 2.45) is 0 Å². The zero-order valence-corrected chi connectivity index (χ0v) is 18.1. The molecule has 3 N–H and O–H groups in total. The molecule has 0 spiro atoms. The van der Waals surface area contributed by atoms with E-state index in [1.54, 1.807) is 42.6 Å². The van der Waals surface area contributed by atoms with Crippen LogP contribution >= 0.6 is 0 Å². The first-order valence-corrected chi connectivity index (χ1v) is 10.9. The van der Waals surface area contributed by atoms with Gasteiger partial charge in [0.05, 0.1) is 12.1 Å². The van der Waals surface area contributed by atoms with Crippen LogP contribution in [0.25, 0.3) is 5.69 Å². The normalized spacial score (nSPS) is 17.7. The van der Waals surface area contributed by atoms with E-state index in [2.05, 4.69) is 16.0 Å². The molecule has 3 aromatic rings. The molecular weight excluding hydrogens is 420 g/mol. The quantitative estimate of drug-likeness (QED) is 0.539. The lowest BCUT2D eigenvalue weighted by Crippen LogP contribution is -2.59. The van der Waals surface area contributed by atoms with E-state index in [1.807, 2.05) is 30.3 Å². The Hall–Kier alpha value is -3.91. The number of nitrogens with zero attached hydrogens (tertiary/aromatic N) is 1. The van der Waals surface area contributed by atoms with Crippen molar-refractivity contribution in [3.63, 3.8) is 0 Å². The molecule has 0 bridgehead atoms. The molecule has 4 rings (SSSR count). The van der Waals surface area contributed by atoms with Crippen LogP contribution in [0.2, 0.25) is 0 Å². The van der Waals surface area contributed by atoms with E-state index in [0.29, 0.717) is 24.2 Å². The molecule has 2 atom stereocenters. The van der Waals surface area contributed by atoms with Gasteiger partial charge in [-0.3, -0.25) is 14.2 Å². The Labute approximate surface area is 191 Å². The van der Waals surface area contributed by atoms with Gasteiger partial charge in [0.15, 0.2) is 0 Å². The molecule has 1 aromatic heterocycles. The van der Waals surface area contributed by atoms with Crippen molar-refractivity contribution in [1.82, 2.24) is 20.5 Å². The Bertz CT molecular complexity index is 1140. The molecule has 2 aromatic carbocycles. The Morgan fingerprint density at radius 3 is 2.45 bits per heavy atom. The monoisotopic (exact) mass is 446 g/mol. The molecule has 0 radical (unpaired) electrons. The van der Waals surface area contributed by atoms with Gasteiger partial charge in [0, 0.05) is 30.1 Å². The third-order valence-corrected chi connectivity index (χ3v) is 5.54. The number of carbonyl (C=O) groups is 2. The molecule has 170 valence electrons. The van der Waals surface area contributed by atoms with Gasteiger partial charge in [-0.25, -0.2) is 4.79 Å². The summed E-state index contributed by atoms with van der Waals surface area (Å²) in [7, 11) is 0. The lowest BCUT2D eigenvalue weighted by molar-refractivity contribution is 0.0909. The van der Waals surface area contributed by atoms with E-state index in [9.17, 15) is 14.4 Å². The molecular formula is C25H26N4O4. The summed E-state index contributed by atoms with van der Waals surface area (Å²) in [5.41, 5.74) is 1.91. The van der Waals surface area contributed by atoms with Gasteiger partial charge in [0.2, 0.25) is 0 Å². The highest BCUT2D eigenvalue weighted by molar-refractivity contribution is 5.94. The molecule has 33 heavy (non-hydrogen) atoms. The minimum absolute atomic E-state index is 0.143. The van der Waals surface area contributed by atoms with Crippen molar-refractivity contribution in [3.05, 3.63) is 100 Å². The number of alkyl carbamates (subject to hydrolysis) is 1. The standard InChI is InChI=1S/C25H26N4O4/c30-23-8-4-5-15-29(23)20-11-9-19(10-12-20)24(31)27-22-16-26-14-13-21(22)28-25(32)33-17-18-6-2-1-3-7-18/h1-12,15,21-22,26H,13-14,16-17H2,(H,27,31)(H,28,32)/t21-,22+/m0/s1. The summed E-state index contributed by atoms with van der Waals surface area (Å²) in [5.74, 6) is -0.250. The number of benzene rings is 2. The molecule has 1 aliphatic rings. The van der Waals surface area contributed by atoms with Gasteiger partial charge in [0.25, 0.3) is 11.5 Å². The molecule has 1 saturated heterocycles. The van der Waals surface area contributed by atoms with Crippen molar-refractivity contribution in [1.29, 1.82) is 0 Å².